The molecule has 0 aromatic rings. The SMILES string of the molecule is CCNC(=O)NC1CC(CC(C)(C)C)C1. The lowest BCUT2D eigenvalue weighted by atomic mass is 9.71. The number of carbonyl (C=O) groups is 1. The first-order chi connectivity index (χ1) is 6.90. The lowest BCUT2D eigenvalue weighted by Gasteiger charge is -2.39. The molecule has 2 amide bonds. The van der Waals surface area contributed by atoms with Crippen molar-refractivity contribution in [2.75, 3.05) is 6.54 Å². The van der Waals surface area contributed by atoms with Crippen LogP contribution in [0.2, 0.25) is 0 Å². The summed E-state index contributed by atoms with van der Waals surface area (Å²) in [6, 6.07) is 0.389. The van der Waals surface area contributed by atoms with E-state index in [1.54, 1.807) is 0 Å². The third-order valence-electron chi connectivity index (χ3n) is 2.81. The van der Waals surface area contributed by atoms with Crippen molar-refractivity contribution in [3.63, 3.8) is 0 Å². The van der Waals surface area contributed by atoms with Crippen molar-refractivity contribution in [3.8, 4) is 0 Å². The highest BCUT2D eigenvalue weighted by Crippen LogP contribution is 2.37. The van der Waals surface area contributed by atoms with Gasteiger partial charge < -0.3 is 10.6 Å². The first-order valence-corrected chi connectivity index (χ1v) is 5.95. The molecule has 3 nitrogen and oxygen atoms in total. The summed E-state index contributed by atoms with van der Waals surface area (Å²) in [6.45, 7) is 9.46. The fourth-order valence-electron chi connectivity index (χ4n) is 2.28. The Bertz CT molecular complexity index is 214. The van der Waals surface area contributed by atoms with E-state index in [1.807, 2.05) is 6.92 Å². The zero-order valence-corrected chi connectivity index (χ0v) is 10.4. The van der Waals surface area contributed by atoms with Crippen molar-refractivity contribution in [1.82, 2.24) is 10.6 Å². The van der Waals surface area contributed by atoms with Crippen molar-refractivity contribution < 1.29 is 4.79 Å². The summed E-state index contributed by atoms with van der Waals surface area (Å²) in [4.78, 5) is 11.2. The monoisotopic (exact) mass is 212 g/mol. The third-order valence-corrected chi connectivity index (χ3v) is 2.81. The zero-order chi connectivity index (χ0) is 11.5. The van der Waals surface area contributed by atoms with Crippen LogP contribution in [0.5, 0.6) is 0 Å². The van der Waals surface area contributed by atoms with Crippen LogP contribution in [0.1, 0.15) is 47.0 Å². The normalized spacial score (nSPS) is 25.6. The summed E-state index contributed by atoms with van der Waals surface area (Å²) in [5, 5.41) is 5.74. The Morgan fingerprint density at radius 1 is 1.33 bits per heavy atom. The predicted octanol–water partition coefficient (Wildman–Crippen LogP) is 2.52. The van der Waals surface area contributed by atoms with Crippen LogP contribution < -0.4 is 10.6 Å². The summed E-state index contributed by atoms with van der Waals surface area (Å²) >= 11 is 0. The largest absolute Gasteiger partial charge is 0.338 e. The molecule has 1 saturated carbocycles. The van der Waals surface area contributed by atoms with Crippen molar-refractivity contribution in [1.29, 1.82) is 0 Å². The maximum Gasteiger partial charge on any atom is 0.314 e. The summed E-state index contributed by atoms with van der Waals surface area (Å²) in [5.41, 5.74) is 0.418. The molecule has 0 unspecified atom stereocenters. The van der Waals surface area contributed by atoms with E-state index in [2.05, 4.69) is 31.4 Å². The quantitative estimate of drug-likeness (QED) is 0.741. The maximum atomic E-state index is 11.2. The highest BCUT2D eigenvalue weighted by atomic mass is 16.2. The fraction of sp³-hybridized carbons (Fsp3) is 0.917. The number of amides is 2. The fourth-order valence-corrected chi connectivity index (χ4v) is 2.28. The van der Waals surface area contributed by atoms with Crippen LogP contribution in [0.3, 0.4) is 0 Å². The lowest BCUT2D eigenvalue weighted by molar-refractivity contribution is 0.158. The molecule has 0 spiro atoms. The minimum atomic E-state index is -0.0169. The topological polar surface area (TPSA) is 41.1 Å². The molecule has 1 rings (SSSR count). The van der Waals surface area contributed by atoms with Crippen molar-refractivity contribution >= 4 is 6.03 Å². The van der Waals surface area contributed by atoms with Gasteiger partial charge in [0.2, 0.25) is 0 Å². The molecule has 15 heavy (non-hydrogen) atoms. The van der Waals surface area contributed by atoms with Crippen molar-refractivity contribution in [2.45, 2.75) is 53.0 Å². The van der Waals surface area contributed by atoms with Crippen LogP contribution in [0.4, 0.5) is 4.79 Å². The maximum absolute atomic E-state index is 11.2. The molecule has 0 aliphatic heterocycles. The van der Waals surface area contributed by atoms with Gasteiger partial charge in [0.05, 0.1) is 0 Å². The Morgan fingerprint density at radius 2 is 1.93 bits per heavy atom. The number of hydrogen-bond acceptors (Lipinski definition) is 1. The molecule has 0 bridgehead atoms. The number of nitrogens with one attached hydrogen (secondary N) is 2. The second kappa shape index (κ2) is 4.86. The second-order valence-electron chi connectivity index (χ2n) is 5.80. The number of urea groups is 1. The predicted molar refractivity (Wildman–Crippen MR) is 62.8 cm³/mol. The van der Waals surface area contributed by atoms with Gasteiger partial charge in [0.25, 0.3) is 0 Å². The summed E-state index contributed by atoms with van der Waals surface area (Å²) < 4.78 is 0. The second-order valence-corrected chi connectivity index (χ2v) is 5.80. The van der Waals surface area contributed by atoms with Gasteiger partial charge in [-0.2, -0.15) is 0 Å². The highest BCUT2D eigenvalue weighted by molar-refractivity contribution is 5.74. The van der Waals surface area contributed by atoms with Gasteiger partial charge in [-0.15, -0.1) is 0 Å². The van der Waals surface area contributed by atoms with E-state index >= 15 is 0 Å². The Labute approximate surface area is 93.0 Å². The summed E-state index contributed by atoms with van der Waals surface area (Å²) in [7, 11) is 0. The van der Waals surface area contributed by atoms with Gasteiger partial charge in [0, 0.05) is 12.6 Å². The van der Waals surface area contributed by atoms with Gasteiger partial charge in [-0.05, 0) is 37.5 Å². The highest BCUT2D eigenvalue weighted by Gasteiger charge is 2.32. The molecule has 0 radical (unpaired) electrons. The summed E-state index contributed by atoms with van der Waals surface area (Å²) in [5.74, 6) is 0.803. The third kappa shape index (κ3) is 4.54. The molecule has 0 saturated heterocycles. The molecule has 1 aliphatic carbocycles. The van der Waals surface area contributed by atoms with Gasteiger partial charge in [-0.1, -0.05) is 20.8 Å². The molecule has 0 atom stereocenters. The Hall–Kier alpha value is -0.730. The minimum absolute atomic E-state index is 0.0169. The molecule has 1 aliphatic rings. The van der Waals surface area contributed by atoms with Crippen LogP contribution in [-0.2, 0) is 0 Å². The standard InChI is InChI=1S/C12H24N2O/c1-5-13-11(15)14-10-6-9(7-10)8-12(2,3)4/h9-10H,5-8H2,1-4H3,(H2,13,14,15). The van der Waals surface area contributed by atoms with Crippen LogP contribution in [0, 0.1) is 11.3 Å². The van der Waals surface area contributed by atoms with E-state index in [0.717, 1.165) is 18.8 Å². The summed E-state index contributed by atoms with van der Waals surface area (Å²) in [6.07, 6.45) is 3.56. The van der Waals surface area contributed by atoms with Gasteiger partial charge >= 0.3 is 6.03 Å². The Balaban J connectivity index is 2.13. The van der Waals surface area contributed by atoms with E-state index in [4.69, 9.17) is 0 Å². The van der Waals surface area contributed by atoms with Gasteiger partial charge in [0.1, 0.15) is 0 Å². The molecule has 1 fully saturated rings. The molecule has 2 N–H and O–H groups in total. The number of rotatable bonds is 3. The van der Waals surface area contributed by atoms with E-state index in [9.17, 15) is 4.79 Å². The van der Waals surface area contributed by atoms with Gasteiger partial charge in [-0.25, -0.2) is 4.79 Å². The minimum Gasteiger partial charge on any atom is -0.338 e. The lowest BCUT2D eigenvalue weighted by Crippen LogP contribution is -2.48. The number of carbonyl (C=O) groups excluding carboxylic acids is 1. The van der Waals surface area contributed by atoms with Crippen molar-refractivity contribution in [3.05, 3.63) is 0 Å². The van der Waals surface area contributed by atoms with Gasteiger partial charge in [-0.3, -0.25) is 0 Å². The Morgan fingerprint density at radius 3 is 2.40 bits per heavy atom. The van der Waals surface area contributed by atoms with Crippen LogP contribution in [0.15, 0.2) is 0 Å². The van der Waals surface area contributed by atoms with Crippen LogP contribution in [-0.4, -0.2) is 18.6 Å². The smallest absolute Gasteiger partial charge is 0.314 e. The first-order valence-electron chi connectivity index (χ1n) is 5.95. The van der Waals surface area contributed by atoms with E-state index in [-0.39, 0.29) is 6.03 Å². The zero-order valence-electron chi connectivity index (χ0n) is 10.4. The van der Waals surface area contributed by atoms with Gasteiger partial charge in [0.15, 0.2) is 0 Å². The molecule has 88 valence electrons. The number of hydrogen-bond donors (Lipinski definition) is 2. The van der Waals surface area contributed by atoms with E-state index < -0.39 is 0 Å². The Kier molecular flexibility index (Phi) is 4.00. The molecule has 3 heteroatoms. The molecular formula is C12H24N2O. The average molecular weight is 212 g/mol. The molecular weight excluding hydrogens is 188 g/mol. The van der Waals surface area contributed by atoms with E-state index in [0.29, 0.717) is 18.0 Å². The molecule has 0 heterocycles. The first kappa shape index (κ1) is 12.3. The molecule has 0 aromatic heterocycles. The van der Waals surface area contributed by atoms with Crippen LogP contribution >= 0.6 is 0 Å². The van der Waals surface area contributed by atoms with E-state index in [1.165, 1.54) is 6.42 Å². The van der Waals surface area contributed by atoms with Crippen LogP contribution in [0.25, 0.3) is 0 Å². The van der Waals surface area contributed by atoms with Crippen molar-refractivity contribution in [2.24, 2.45) is 11.3 Å². The molecule has 0 aromatic carbocycles. The average Bonchev–Trinajstić information content (AvgIpc) is 1.98.